The number of benzene rings is 2. The van der Waals surface area contributed by atoms with E-state index < -0.39 is 17.9 Å². The van der Waals surface area contributed by atoms with Gasteiger partial charge in [-0.1, -0.05) is 35.6 Å². The summed E-state index contributed by atoms with van der Waals surface area (Å²) in [6.45, 7) is 1.56. The smallest absolute Gasteiger partial charge is 0.262 e. The van der Waals surface area contributed by atoms with Crippen molar-refractivity contribution in [1.29, 1.82) is 0 Å². The number of imide groups is 1. The molecular formula is C19H15N3O3S. The van der Waals surface area contributed by atoms with Crippen LogP contribution in [-0.4, -0.2) is 40.7 Å². The highest BCUT2D eigenvalue weighted by Gasteiger charge is 2.41. The minimum absolute atomic E-state index is 0.333. The van der Waals surface area contributed by atoms with Gasteiger partial charge in [0.1, 0.15) is 6.04 Å². The highest BCUT2D eigenvalue weighted by molar-refractivity contribution is 7.22. The first-order valence-electron chi connectivity index (χ1n) is 8.09. The lowest BCUT2D eigenvalue weighted by atomic mass is 10.1. The van der Waals surface area contributed by atoms with Crippen molar-refractivity contribution in [3.05, 3.63) is 59.7 Å². The second-order valence-corrected chi connectivity index (χ2v) is 7.07. The Labute approximate surface area is 153 Å². The van der Waals surface area contributed by atoms with Crippen LogP contribution < -0.4 is 4.90 Å². The number of rotatable bonds is 3. The third kappa shape index (κ3) is 2.40. The van der Waals surface area contributed by atoms with Crippen molar-refractivity contribution < 1.29 is 14.4 Å². The number of fused-ring (bicyclic) bond motifs is 2. The summed E-state index contributed by atoms with van der Waals surface area (Å²) in [6.07, 6.45) is 0. The molecule has 1 aliphatic rings. The number of carbonyl (C=O) groups is 3. The van der Waals surface area contributed by atoms with E-state index in [9.17, 15) is 14.4 Å². The van der Waals surface area contributed by atoms with Crippen LogP contribution in [-0.2, 0) is 4.79 Å². The molecule has 0 radical (unpaired) electrons. The molecule has 0 saturated heterocycles. The van der Waals surface area contributed by atoms with E-state index in [0.29, 0.717) is 16.3 Å². The predicted octanol–water partition coefficient (Wildman–Crippen LogP) is 2.94. The Kier molecular flexibility index (Phi) is 3.81. The zero-order chi connectivity index (χ0) is 18.4. The first-order chi connectivity index (χ1) is 12.5. The standard InChI is InChI=1S/C19H15N3O3S/c1-11(22-17(24)12-7-3-4-8-13(12)18(22)25)16(23)21(2)19-20-14-9-5-6-10-15(14)26-19/h3-11H,1-2H3/t11-/m0/s1. The number of thiazole rings is 1. The van der Waals surface area contributed by atoms with Crippen molar-refractivity contribution in [1.82, 2.24) is 9.88 Å². The van der Waals surface area contributed by atoms with Gasteiger partial charge in [0.15, 0.2) is 5.13 Å². The number of nitrogens with zero attached hydrogens (tertiary/aromatic N) is 3. The van der Waals surface area contributed by atoms with E-state index in [2.05, 4.69) is 4.98 Å². The topological polar surface area (TPSA) is 70.6 Å². The van der Waals surface area contributed by atoms with E-state index in [1.807, 2.05) is 24.3 Å². The molecule has 0 N–H and O–H groups in total. The lowest BCUT2D eigenvalue weighted by molar-refractivity contribution is -0.121. The fourth-order valence-corrected chi connectivity index (χ4v) is 3.98. The summed E-state index contributed by atoms with van der Waals surface area (Å²) in [5.74, 6) is -1.24. The Balaban J connectivity index is 1.62. The number of aromatic nitrogens is 1. The van der Waals surface area contributed by atoms with E-state index in [0.717, 1.165) is 15.1 Å². The fourth-order valence-electron chi connectivity index (χ4n) is 3.05. The molecule has 1 atom stereocenters. The van der Waals surface area contributed by atoms with Crippen molar-refractivity contribution in [3.8, 4) is 0 Å². The summed E-state index contributed by atoms with van der Waals surface area (Å²) in [7, 11) is 1.61. The number of carbonyl (C=O) groups excluding carboxylic acids is 3. The maximum absolute atomic E-state index is 12.9. The Morgan fingerprint density at radius 3 is 2.23 bits per heavy atom. The molecule has 4 rings (SSSR count). The molecule has 0 saturated carbocycles. The third-order valence-electron chi connectivity index (χ3n) is 4.47. The van der Waals surface area contributed by atoms with Crippen LogP contribution in [0.5, 0.6) is 0 Å². The molecule has 7 heteroatoms. The van der Waals surface area contributed by atoms with Gasteiger partial charge < -0.3 is 0 Å². The van der Waals surface area contributed by atoms with Crippen LogP contribution in [0.3, 0.4) is 0 Å². The van der Waals surface area contributed by atoms with Crippen molar-refractivity contribution in [3.63, 3.8) is 0 Å². The van der Waals surface area contributed by atoms with Crippen LogP contribution in [0.15, 0.2) is 48.5 Å². The third-order valence-corrected chi connectivity index (χ3v) is 5.58. The van der Waals surface area contributed by atoms with Gasteiger partial charge in [-0.3, -0.25) is 24.2 Å². The summed E-state index contributed by atoms with van der Waals surface area (Å²) in [6, 6.07) is 13.3. The Morgan fingerprint density at radius 2 is 1.62 bits per heavy atom. The number of anilines is 1. The van der Waals surface area contributed by atoms with Crippen molar-refractivity contribution in [2.45, 2.75) is 13.0 Å². The lowest BCUT2D eigenvalue weighted by Crippen LogP contribution is -2.48. The minimum Gasteiger partial charge on any atom is -0.289 e. The molecule has 2 heterocycles. The van der Waals surface area contributed by atoms with Gasteiger partial charge >= 0.3 is 0 Å². The van der Waals surface area contributed by atoms with E-state index >= 15 is 0 Å². The summed E-state index contributed by atoms with van der Waals surface area (Å²) in [5.41, 5.74) is 1.47. The highest BCUT2D eigenvalue weighted by Crippen LogP contribution is 2.30. The molecule has 0 fully saturated rings. The summed E-state index contributed by atoms with van der Waals surface area (Å²) >= 11 is 1.39. The zero-order valence-corrected chi connectivity index (χ0v) is 15.0. The van der Waals surface area contributed by atoms with E-state index in [1.165, 1.54) is 16.2 Å². The maximum atomic E-state index is 12.9. The SMILES string of the molecule is C[C@@H](C(=O)N(C)c1nc2ccccc2s1)N1C(=O)c2ccccc2C1=O. The van der Waals surface area contributed by atoms with Crippen molar-refractivity contribution in [2.75, 3.05) is 11.9 Å². The van der Waals surface area contributed by atoms with Gasteiger partial charge in [-0.15, -0.1) is 0 Å². The fraction of sp³-hybridized carbons (Fsp3) is 0.158. The molecule has 130 valence electrons. The second-order valence-electron chi connectivity index (χ2n) is 6.06. The molecule has 3 aromatic rings. The number of para-hydroxylation sites is 1. The average molecular weight is 365 g/mol. The highest BCUT2D eigenvalue weighted by atomic mass is 32.1. The molecule has 0 unspecified atom stereocenters. The second kappa shape index (κ2) is 6.03. The first kappa shape index (κ1) is 16.4. The van der Waals surface area contributed by atoms with Crippen LogP contribution in [0.25, 0.3) is 10.2 Å². The monoisotopic (exact) mass is 365 g/mol. The van der Waals surface area contributed by atoms with Crippen LogP contribution >= 0.6 is 11.3 Å². The van der Waals surface area contributed by atoms with Gasteiger partial charge in [0.25, 0.3) is 17.7 Å². The van der Waals surface area contributed by atoms with Crippen molar-refractivity contribution in [2.24, 2.45) is 0 Å². The zero-order valence-electron chi connectivity index (χ0n) is 14.2. The van der Waals surface area contributed by atoms with Crippen LogP contribution in [0.2, 0.25) is 0 Å². The molecule has 1 aliphatic heterocycles. The van der Waals surface area contributed by atoms with E-state index in [-0.39, 0.29) is 5.91 Å². The first-order valence-corrected chi connectivity index (χ1v) is 8.90. The Morgan fingerprint density at radius 1 is 1.04 bits per heavy atom. The average Bonchev–Trinajstić information content (AvgIpc) is 3.20. The van der Waals surface area contributed by atoms with Gasteiger partial charge in [0.05, 0.1) is 21.3 Å². The Hall–Kier alpha value is -3.06. The normalized spacial score (nSPS) is 14.6. The van der Waals surface area contributed by atoms with E-state index in [4.69, 9.17) is 0 Å². The van der Waals surface area contributed by atoms with Gasteiger partial charge in [-0.05, 0) is 31.2 Å². The summed E-state index contributed by atoms with van der Waals surface area (Å²) in [5, 5.41) is 0.527. The van der Waals surface area contributed by atoms with Crippen LogP contribution in [0, 0.1) is 0 Å². The Bertz CT molecular complexity index is 991. The van der Waals surface area contributed by atoms with Gasteiger partial charge in [0.2, 0.25) is 0 Å². The molecule has 2 aromatic carbocycles. The molecule has 26 heavy (non-hydrogen) atoms. The largest absolute Gasteiger partial charge is 0.289 e. The summed E-state index contributed by atoms with van der Waals surface area (Å²) < 4.78 is 0.968. The van der Waals surface area contributed by atoms with Gasteiger partial charge in [0, 0.05) is 7.05 Å². The number of hydrogen-bond acceptors (Lipinski definition) is 5. The molecule has 6 nitrogen and oxygen atoms in total. The quantitative estimate of drug-likeness (QED) is 0.669. The molecule has 0 spiro atoms. The number of hydrogen-bond donors (Lipinski definition) is 0. The lowest BCUT2D eigenvalue weighted by Gasteiger charge is -2.25. The van der Waals surface area contributed by atoms with Crippen molar-refractivity contribution >= 4 is 44.4 Å². The van der Waals surface area contributed by atoms with Gasteiger partial charge in [-0.25, -0.2) is 4.98 Å². The summed E-state index contributed by atoms with van der Waals surface area (Å²) in [4.78, 5) is 44.9. The molecule has 0 bridgehead atoms. The van der Waals surface area contributed by atoms with Crippen LogP contribution in [0.1, 0.15) is 27.6 Å². The molecule has 1 aromatic heterocycles. The van der Waals surface area contributed by atoms with E-state index in [1.54, 1.807) is 38.2 Å². The minimum atomic E-state index is -0.917. The number of amides is 3. The predicted molar refractivity (Wildman–Crippen MR) is 99.4 cm³/mol. The molecule has 3 amide bonds. The van der Waals surface area contributed by atoms with Crippen LogP contribution in [0.4, 0.5) is 5.13 Å². The molecular weight excluding hydrogens is 350 g/mol. The number of likely N-dealkylation sites (N-methyl/N-ethyl adjacent to an activating group) is 1. The maximum Gasteiger partial charge on any atom is 0.262 e. The molecule has 0 aliphatic carbocycles. The van der Waals surface area contributed by atoms with Gasteiger partial charge in [-0.2, -0.15) is 0 Å².